The topological polar surface area (TPSA) is 12.9 Å². The van der Waals surface area contributed by atoms with Crippen LogP contribution >= 0.6 is 42.0 Å². The van der Waals surface area contributed by atoms with E-state index in [9.17, 15) is 0 Å². The highest BCUT2D eigenvalue weighted by molar-refractivity contribution is 8.05. The predicted molar refractivity (Wildman–Crippen MR) is 142 cm³/mol. The van der Waals surface area contributed by atoms with Crippen LogP contribution in [0.3, 0.4) is 0 Å². The number of hydrogen-bond donors (Lipinski definition) is 0. The first-order valence-corrected chi connectivity index (χ1v) is 14.1. The lowest BCUT2D eigenvalue weighted by Gasteiger charge is -2.26. The number of hydrogen-bond acceptors (Lipinski definition) is 3. The third kappa shape index (κ3) is 4.91. The molecule has 0 aliphatic carbocycles. The van der Waals surface area contributed by atoms with Gasteiger partial charge in [0.2, 0.25) is 5.44 Å². The summed E-state index contributed by atoms with van der Waals surface area (Å²) in [4.78, 5) is 6.21. The van der Waals surface area contributed by atoms with Crippen LogP contribution in [0, 0.1) is 0 Å². The fourth-order valence-electron chi connectivity index (χ4n) is 3.90. The Hall–Kier alpha value is -1.69. The van der Waals surface area contributed by atoms with E-state index in [0.29, 0.717) is 0 Å². The molecule has 1 aromatic heterocycles. The lowest BCUT2D eigenvalue weighted by Crippen LogP contribution is -3.00. The van der Waals surface area contributed by atoms with Crippen LogP contribution in [-0.4, -0.2) is 4.98 Å². The standard InChI is InChI=1S/C27H20ClNPS2.HI/c28-21-16-18-25(19-17-21)32-27-26(29-20-31-27)30(22-10-4-1-5-11-22,23-12-6-2-7-13-23)24-14-8-3-9-15-24;/h1-20H;1H/q+1;/p-1. The van der Waals surface area contributed by atoms with Gasteiger partial charge in [0.15, 0.2) is 7.26 Å². The third-order valence-corrected chi connectivity index (χ3v) is 12.1. The number of benzene rings is 4. The van der Waals surface area contributed by atoms with Crippen LogP contribution in [0.1, 0.15) is 0 Å². The van der Waals surface area contributed by atoms with Crippen LogP contribution in [-0.2, 0) is 0 Å². The quantitative estimate of drug-likeness (QED) is 0.214. The molecule has 5 rings (SSSR count). The molecule has 0 aliphatic heterocycles. The summed E-state index contributed by atoms with van der Waals surface area (Å²) >= 11 is 9.60. The maximum absolute atomic E-state index is 6.12. The second-order valence-electron chi connectivity index (χ2n) is 7.20. The van der Waals surface area contributed by atoms with E-state index in [-0.39, 0.29) is 24.0 Å². The van der Waals surface area contributed by atoms with Crippen LogP contribution in [0.15, 0.2) is 130 Å². The minimum atomic E-state index is -2.19. The van der Waals surface area contributed by atoms with Crippen molar-refractivity contribution in [1.29, 1.82) is 0 Å². The first-order chi connectivity index (χ1) is 15.8. The molecule has 0 saturated heterocycles. The van der Waals surface area contributed by atoms with Crippen LogP contribution < -0.4 is 45.3 Å². The van der Waals surface area contributed by atoms with Crippen molar-refractivity contribution in [3.05, 3.63) is 126 Å². The Labute approximate surface area is 225 Å². The van der Waals surface area contributed by atoms with Crippen LogP contribution in [0.4, 0.5) is 0 Å². The van der Waals surface area contributed by atoms with Gasteiger partial charge in [-0.05, 0) is 60.7 Å². The smallest absolute Gasteiger partial charge is 0.223 e. The average molecular weight is 616 g/mol. The summed E-state index contributed by atoms with van der Waals surface area (Å²) < 4.78 is 1.22. The molecule has 0 aliphatic rings. The predicted octanol–water partition coefficient (Wildman–Crippen LogP) is 3.57. The number of rotatable bonds is 6. The Kier molecular flexibility index (Phi) is 8.26. The van der Waals surface area contributed by atoms with Crippen LogP contribution in [0.5, 0.6) is 0 Å². The van der Waals surface area contributed by atoms with Crippen molar-refractivity contribution in [2.45, 2.75) is 9.10 Å². The largest absolute Gasteiger partial charge is 1.00 e. The van der Waals surface area contributed by atoms with Gasteiger partial charge in [0.1, 0.15) is 20.1 Å². The van der Waals surface area contributed by atoms with E-state index >= 15 is 0 Å². The Morgan fingerprint density at radius 1 is 0.636 bits per heavy atom. The molecule has 0 N–H and O–H groups in total. The van der Waals surface area contributed by atoms with Crippen LogP contribution in [0.2, 0.25) is 5.02 Å². The summed E-state index contributed by atoms with van der Waals surface area (Å²) in [5.41, 5.74) is 3.14. The third-order valence-electron chi connectivity index (χ3n) is 5.29. The molecule has 0 unspecified atom stereocenters. The summed E-state index contributed by atoms with van der Waals surface area (Å²) in [6, 6.07) is 40.6. The Morgan fingerprint density at radius 2 is 1.09 bits per heavy atom. The summed E-state index contributed by atoms with van der Waals surface area (Å²) in [5, 5.41) is 4.67. The molecule has 0 bridgehead atoms. The SMILES string of the molecule is Clc1ccc(Sc2scnc2[P+](c2ccccc2)(c2ccccc2)c2ccccc2)cc1.[I-]. The minimum absolute atomic E-state index is 0. The lowest BCUT2D eigenvalue weighted by atomic mass is 10.4. The van der Waals surface area contributed by atoms with Crippen molar-refractivity contribution in [2.24, 2.45) is 0 Å². The Morgan fingerprint density at radius 3 is 1.55 bits per heavy atom. The molecule has 4 aromatic carbocycles. The molecule has 0 fully saturated rings. The molecule has 33 heavy (non-hydrogen) atoms. The molecule has 0 atom stereocenters. The van der Waals surface area contributed by atoms with Gasteiger partial charge in [-0.1, -0.05) is 78.0 Å². The first kappa shape index (κ1) is 24.4. The van der Waals surface area contributed by atoms with Crippen molar-refractivity contribution >= 4 is 63.3 Å². The highest BCUT2D eigenvalue weighted by Gasteiger charge is 2.51. The summed E-state index contributed by atoms with van der Waals surface area (Å²) in [6.45, 7) is 0. The molecule has 0 amide bonds. The Bertz CT molecular complexity index is 1200. The van der Waals surface area contributed by atoms with E-state index < -0.39 is 7.26 Å². The van der Waals surface area contributed by atoms with E-state index in [1.54, 1.807) is 23.1 Å². The van der Waals surface area contributed by atoms with Crippen molar-refractivity contribution in [3.8, 4) is 0 Å². The highest BCUT2D eigenvalue weighted by Crippen LogP contribution is 2.56. The summed E-state index contributed by atoms with van der Waals surface area (Å²) in [7, 11) is -2.19. The molecule has 0 spiro atoms. The maximum Gasteiger partial charge on any atom is 0.223 e. The number of halogens is 2. The molecule has 0 saturated carbocycles. The van der Waals surface area contributed by atoms with E-state index in [0.717, 1.165) is 15.4 Å². The fourth-order valence-corrected chi connectivity index (χ4v) is 10.9. The number of nitrogens with zero attached hydrogens (tertiary/aromatic N) is 1. The molecular formula is C27H20ClINPS2. The molecule has 1 heterocycles. The number of thiazole rings is 1. The van der Waals surface area contributed by atoms with Gasteiger partial charge in [-0.2, -0.15) is 0 Å². The van der Waals surface area contributed by atoms with Crippen molar-refractivity contribution < 1.29 is 24.0 Å². The van der Waals surface area contributed by atoms with Gasteiger partial charge in [-0.3, -0.25) is 0 Å². The summed E-state index contributed by atoms with van der Waals surface area (Å²) in [6.07, 6.45) is 0. The fraction of sp³-hybridized carbons (Fsp3) is 0. The van der Waals surface area contributed by atoms with Gasteiger partial charge >= 0.3 is 0 Å². The zero-order valence-electron chi connectivity index (χ0n) is 17.5. The van der Waals surface area contributed by atoms with E-state index in [2.05, 4.69) is 103 Å². The van der Waals surface area contributed by atoms with E-state index in [1.165, 1.54) is 20.1 Å². The number of aromatic nitrogens is 1. The first-order valence-electron chi connectivity index (χ1n) is 10.2. The monoisotopic (exact) mass is 615 g/mol. The van der Waals surface area contributed by atoms with Gasteiger partial charge < -0.3 is 24.0 Å². The van der Waals surface area contributed by atoms with Gasteiger partial charge in [0.25, 0.3) is 0 Å². The van der Waals surface area contributed by atoms with E-state index in [1.807, 2.05) is 17.6 Å². The van der Waals surface area contributed by atoms with Crippen molar-refractivity contribution in [1.82, 2.24) is 4.98 Å². The molecule has 6 heteroatoms. The second-order valence-corrected chi connectivity index (χ2v) is 13.1. The molecular weight excluding hydrogens is 596 g/mol. The highest BCUT2D eigenvalue weighted by atomic mass is 127. The van der Waals surface area contributed by atoms with Crippen molar-refractivity contribution in [2.75, 3.05) is 0 Å². The maximum atomic E-state index is 6.12. The van der Waals surface area contributed by atoms with Gasteiger partial charge in [0.05, 0.1) is 5.51 Å². The van der Waals surface area contributed by atoms with Crippen molar-refractivity contribution in [3.63, 3.8) is 0 Å². The molecule has 5 aromatic rings. The second kappa shape index (κ2) is 11.2. The summed E-state index contributed by atoms with van der Waals surface area (Å²) in [5.74, 6) is 0. The lowest BCUT2D eigenvalue weighted by molar-refractivity contribution is -0.00000597. The van der Waals surface area contributed by atoms with Gasteiger partial charge in [0, 0.05) is 9.92 Å². The van der Waals surface area contributed by atoms with E-state index in [4.69, 9.17) is 16.6 Å². The minimum Gasteiger partial charge on any atom is -1.00 e. The molecule has 0 radical (unpaired) electrons. The van der Waals surface area contributed by atoms with Crippen LogP contribution in [0.25, 0.3) is 0 Å². The zero-order chi connectivity index (χ0) is 21.8. The Balaban J connectivity index is 0.00000259. The molecule has 1 nitrogen and oxygen atoms in total. The zero-order valence-corrected chi connectivity index (χ0v) is 23.0. The van der Waals surface area contributed by atoms with Gasteiger partial charge in [-0.25, -0.2) is 4.98 Å². The van der Waals surface area contributed by atoms with Gasteiger partial charge in [-0.15, -0.1) is 11.3 Å². The average Bonchev–Trinajstić information content (AvgIpc) is 3.31. The normalized spacial score (nSPS) is 11.1. The molecule has 164 valence electrons.